The van der Waals surface area contributed by atoms with Crippen molar-refractivity contribution in [3.05, 3.63) is 77.1 Å². The smallest absolute Gasteiger partial charge is 0.255 e. The van der Waals surface area contributed by atoms with Crippen LogP contribution in [0.1, 0.15) is 34.0 Å². The molecule has 0 aliphatic rings. The fourth-order valence-corrected chi connectivity index (χ4v) is 2.55. The maximum atomic E-state index is 12.3. The zero-order chi connectivity index (χ0) is 18.5. The summed E-state index contributed by atoms with van der Waals surface area (Å²) in [5.74, 6) is 0.641. The van der Waals surface area contributed by atoms with Gasteiger partial charge in [0.15, 0.2) is 6.73 Å². The molecule has 0 radical (unpaired) electrons. The van der Waals surface area contributed by atoms with Gasteiger partial charge in [0.2, 0.25) is 0 Å². The van der Waals surface area contributed by atoms with E-state index in [0.717, 1.165) is 17.7 Å². The molecule has 2 aromatic carbocycles. The lowest BCUT2D eigenvalue weighted by molar-refractivity contribution is 0.102. The topological polar surface area (TPSA) is 56.1 Å². The molecule has 3 aromatic rings. The summed E-state index contributed by atoms with van der Waals surface area (Å²) in [5, 5.41) is 7.08. The van der Waals surface area contributed by atoms with Gasteiger partial charge in [-0.3, -0.25) is 4.79 Å². The second-order valence-electron chi connectivity index (χ2n) is 6.29. The molecule has 1 heterocycles. The van der Waals surface area contributed by atoms with E-state index in [-0.39, 0.29) is 12.6 Å². The molecular weight excluding hydrogens is 326 g/mol. The molecule has 26 heavy (non-hydrogen) atoms. The fraction of sp³-hybridized carbons (Fsp3) is 0.238. The van der Waals surface area contributed by atoms with Crippen LogP contribution in [-0.2, 0) is 13.2 Å². The number of aryl methyl sites for hydroxylation is 3. The normalized spacial score (nSPS) is 10.6. The van der Waals surface area contributed by atoms with Crippen LogP contribution in [0, 0.1) is 13.8 Å². The Morgan fingerprint density at radius 1 is 1.12 bits per heavy atom. The van der Waals surface area contributed by atoms with Crippen molar-refractivity contribution in [1.82, 2.24) is 9.78 Å². The van der Waals surface area contributed by atoms with Gasteiger partial charge in [0.05, 0.1) is 18.1 Å². The van der Waals surface area contributed by atoms with E-state index in [9.17, 15) is 4.79 Å². The van der Waals surface area contributed by atoms with Crippen molar-refractivity contribution in [2.45, 2.75) is 33.9 Å². The SMILES string of the molecule is CCc1ccc(OCn2cc(NC(=O)c3ccc(C)c(C)c3)cn2)cc1. The molecule has 5 nitrogen and oxygen atoms in total. The molecule has 0 unspecified atom stereocenters. The summed E-state index contributed by atoms with van der Waals surface area (Å²) in [6.07, 6.45) is 4.37. The molecule has 0 saturated heterocycles. The second kappa shape index (κ2) is 7.87. The maximum Gasteiger partial charge on any atom is 0.255 e. The van der Waals surface area contributed by atoms with Crippen molar-refractivity contribution in [3.63, 3.8) is 0 Å². The first kappa shape index (κ1) is 17.7. The van der Waals surface area contributed by atoms with E-state index in [0.29, 0.717) is 11.3 Å². The summed E-state index contributed by atoms with van der Waals surface area (Å²) in [7, 11) is 0. The minimum atomic E-state index is -0.149. The molecule has 0 bridgehead atoms. The average Bonchev–Trinajstić information content (AvgIpc) is 3.10. The summed E-state index contributed by atoms with van der Waals surface area (Å²) < 4.78 is 7.35. The zero-order valence-electron chi connectivity index (χ0n) is 15.3. The number of nitrogens with zero attached hydrogens (tertiary/aromatic N) is 2. The average molecular weight is 349 g/mol. The van der Waals surface area contributed by atoms with Crippen molar-refractivity contribution >= 4 is 11.6 Å². The number of ether oxygens (including phenoxy) is 1. The van der Waals surface area contributed by atoms with E-state index in [1.165, 1.54) is 11.1 Å². The molecule has 1 N–H and O–H groups in total. The summed E-state index contributed by atoms with van der Waals surface area (Å²) >= 11 is 0. The quantitative estimate of drug-likeness (QED) is 0.720. The van der Waals surface area contributed by atoms with E-state index in [2.05, 4.69) is 17.3 Å². The zero-order valence-corrected chi connectivity index (χ0v) is 15.3. The lowest BCUT2D eigenvalue weighted by Gasteiger charge is -2.07. The third-order valence-electron chi connectivity index (χ3n) is 4.36. The van der Waals surface area contributed by atoms with Crippen molar-refractivity contribution < 1.29 is 9.53 Å². The largest absolute Gasteiger partial charge is 0.471 e. The Morgan fingerprint density at radius 3 is 2.58 bits per heavy atom. The van der Waals surface area contributed by atoms with Gasteiger partial charge in [-0.1, -0.05) is 25.1 Å². The van der Waals surface area contributed by atoms with E-state index in [4.69, 9.17) is 4.74 Å². The molecule has 1 amide bonds. The summed E-state index contributed by atoms with van der Waals surface area (Å²) in [4.78, 5) is 12.3. The first-order chi connectivity index (χ1) is 12.5. The second-order valence-corrected chi connectivity index (χ2v) is 6.29. The van der Waals surface area contributed by atoms with Crippen LogP contribution in [0.2, 0.25) is 0 Å². The predicted molar refractivity (Wildman–Crippen MR) is 103 cm³/mol. The molecule has 0 atom stereocenters. The first-order valence-corrected chi connectivity index (χ1v) is 8.68. The highest BCUT2D eigenvalue weighted by Gasteiger charge is 2.09. The summed E-state index contributed by atoms with van der Waals surface area (Å²) in [6.45, 7) is 6.42. The molecule has 3 rings (SSSR count). The highest BCUT2D eigenvalue weighted by atomic mass is 16.5. The number of rotatable bonds is 6. The van der Waals surface area contributed by atoms with Gasteiger partial charge < -0.3 is 10.1 Å². The van der Waals surface area contributed by atoms with Crippen molar-refractivity contribution in [2.75, 3.05) is 5.32 Å². The Bertz CT molecular complexity index is 898. The van der Waals surface area contributed by atoms with Gasteiger partial charge in [-0.25, -0.2) is 4.68 Å². The molecule has 0 aliphatic heterocycles. The van der Waals surface area contributed by atoms with Gasteiger partial charge in [0, 0.05) is 5.56 Å². The highest BCUT2D eigenvalue weighted by molar-refractivity contribution is 6.04. The Balaban J connectivity index is 1.58. The van der Waals surface area contributed by atoms with Gasteiger partial charge >= 0.3 is 0 Å². The number of nitrogens with one attached hydrogen (secondary N) is 1. The van der Waals surface area contributed by atoms with Crippen LogP contribution in [0.15, 0.2) is 54.9 Å². The number of benzene rings is 2. The molecule has 1 aromatic heterocycles. The van der Waals surface area contributed by atoms with Gasteiger partial charge in [-0.05, 0) is 61.2 Å². The van der Waals surface area contributed by atoms with Gasteiger partial charge in [-0.15, -0.1) is 0 Å². The number of anilines is 1. The van der Waals surface area contributed by atoms with E-state index < -0.39 is 0 Å². The summed E-state index contributed by atoms with van der Waals surface area (Å²) in [6, 6.07) is 13.7. The van der Waals surface area contributed by atoms with Crippen LogP contribution in [0.5, 0.6) is 5.75 Å². The number of carbonyl (C=O) groups excluding carboxylic acids is 1. The van der Waals surface area contributed by atoms with Crippen LogP contribution < -0.4 is 10.1 Å². The fourth-order valence-electron chi connectivity index (χ4n) is 2.55. The number of hydrogen-bond donors (Lipinski definition) is 1. The molecular formula is C21H23N3O2. The van der Waals surface area contributed by atoms with E-state index >= 15 is 0 Å². The van der Waals surface area contributed by atoms with Crippen molar-refractivity contribution in [3.8, 4) is 5.75 Å². The number of hydrogen-bond acceptors (Lipinski definition) is 3. The minimum Gasteiger partial charge on any atom is -0.471 e. The Labute approximate surface area is 153 Å². The standard InChI is InChI=1S/C21H23N3O2/c1-4-17-6-9-20(10-7-17)26-14-24-13-19(12-22-24)23-21(25)18-8-5-15(2)16(3)11-18/h5-13H,4,14H2,1-3H3,(H,23,25). The number of aromatic nitrogens is 2. The monoisotopic (exact) mass is 349 g/mol. The lowest BCUT2D eigenvalue weighted by atomic mass is 10.1. The third-order valence-corrected chi connectivity index (χ3v) is 4.36. The molecule has 0 saturated carbocycles. The van der Waals surface area contributed by atoms with Gasteiger partial charge in [0.25, 0.3) is 5.91 Å². The van der Waals surface area contributed by atoms with Crippen molar-refractivity contribution in [2.24, 2.45) is 0 Å². The summed E-state index contributed by atoms with van der Waals surface area (Å²) in [5.41, 5.74) is 4.80. The molecule has 5 heteroatoms. The molecule has 134 valence electrons. The van der Waals surface area contributed by atoms with Crippen LogP contribution in [0.4, 0.5) is 5.69 Å². The van der Waals surface area contributed by atoms with Crippen molar-refractivity contribution in [1.29, 1.82) is 0 Å². The Kier molecular flexibility index (Phi) is 5.37. The third kappa shape index (κ3) is 4.30. The number of carbonyl (C=O) groups is 1. The van der Waals surface area contributed by atoms with Crippen LogP contribution in [-0.4, -0.2) is 15.7 Å². The number of amides is 1. The molecule has 0 aliphatic carbocycles. The first-order valence-electron chi connectivity index (χ1n) is 8.68. The van der Waals surface area contributed by atoms with E-state index in [1.54, 1.807) is 17.1 Å². The highest BCUT2D eigenvalue weighted by Crippen LogP contribution is 2.15. The predicted octanol–water partition coefficient (Wildman–Crippen LogP) is 4.35. The maximum absolute atomic E-state index is 12.3. The lowest BCUT2D eigenvalue weighted by Crippen LogP contribution is -2.12. The Hall–Kier alpha value is -3.08. The van der Waals surface area contributed by atoms with Crippen LogP contribution >= 0.6 is 0 Å². The van der Waals surface area contributed by atoms with Crippen LogP contribution in [0.25, 0.3) is 0 Å². The molecule has 0 spiro atoms. The Morgan fingerprint density at radius 2 is 1.88 bits per heavy atom. The van der Waals surface area contributed by atoms with Gasteiger partial charge in [-0.2, -0.15) is 5.10 Å². The molecule has 0 fully saturated rings. The van der Waals surface area contributed by atoms with Crippen LogP contribution in [0.3, 0.4) is 0 Å². The van der Waals surface area contributed by atoms with E-state index in [1.807, 2.05) is 56.3 Å². The van der Waals surface area contributed by atoms with Gasteiger partial charge in [0.1, 0.15) is 5.75 Å². The minimum absolute atomic E-state index is 0.149.